The molecule has 0 aliphatic heterocycles. The van der Waals surface area contributed by atoms with Crippen molar-refractivity contribution in [3.05, 3.63) is 70.0 Å². The molecule has 3 rings (SSSR count). The van der Waals surface area contributed by atoms with Crippen molar-refractivity contribution in [2.45, 2.75) is 6.61 Å². The number of carbonyl (C=O) groups is 2. The molecule has 1 amide bonds. The van der Waals surface area contributed by atoms with E-state index < -0.39 is 23.4 Å². The molecule has 9 nitrogen and oxygen atoms in total. The molecule has 9 heteroatoms. The molecule has 0 fully saturated rings. The van der Waals surface area contributed by atoms with Crippen LogP contribution in [-0.4, -0.2) is 30.5 Å². The van der Waals surface area contributed by atoms with E-state index in [0.29, 0.717) is 16.8 Å². The molecule has 1 aromatic heterocycles. The second-order valence-electron chi connectivity index (χ2n) is 5.77. The van der Waals surface area contributed by atoms with Gasteiger partial charge in [-0.1, -0.05) is 18.2 Å². The number of methoxy groups -OCH3 is 1. The molecule has 1 N–H and O–H groups in total. The highest BCUT2D eigenvalue weighted by atomic mass is 16.6. The number of esters is 1. The monoisotopic (exact) mass is 384 g/mol. The fourth-order valence-electron chi connectivity index (χ4n) is 2.61. The van der Waals surface area contributed by atoms with Gasteiger partial charge in [-0.3, -0.25) is 14.9 Å². The first-order chi connectivity index (χ1) is 13.5. The van der Waals surface area contributed by atoms with Gasteiger partial charge in [-0.05, 0) is 18.2 Å². The number of amides is 1. The lowest BCUT2D eigenvalue weighted by Gasteiger charge is -2.06. The first-order valence-corrected chi connectivity index (χ1v) is 8.20. The molecule has 28 heavy (non-hydrogen) atoms. The number of fused-ring (bicyclic) bond motifs is 1. The molecule has 0 saturated carbocycles. The molecule has 2 aromatic carbocycles. The summed E-state index contributed by atoms with van der Waals surface area (Å²) in [5.41, 5.74) is 1.30. The van der Waals surface area contributed by atoms with Gasteiger partial charge in [-0.2, -0.15) is 0 Å². The summed E-state index contributed by atoms with van der Waals surface area (Å²) in [4.78, 5) is 34.4. The van der Waals surface area contributed by atoms with E-state index in [1.54, 1.807) is 18.2 Å². The maximum Gasteiger partial charge on any atom is 0.375 e. The highest BCUT2D eigenvalue weighted by molar-refractivity contribution is 5.98. The van der Waals surface area contributed by atoms with E-state index in [0.717, 1.165) is 5.39 Å². The number of rotatable bonds is 7. The van der Waals surface area contributed by atoms with E-state index in [9.17, 15) is 19.7 Å². The lowest BCUT2D eigenvalue weighted by atomic mass is 10.1. The van der Waals surface area contributed by atoms with Crippen molar-refractivity contribution in [3.8, 4) is 0 Å². The molecule has 0 atom stereocenters. The average Bonchev–Trinajstić information content (AvgIpc) is 3.06. The number of para-hydroxylation sites is 1. The number of hydrogen-bond acceptors (Lipinski definition) is 7. The second-order valence-corrected chi connectivity index (χ2v) is 5.77. The van der Waals surface area contributed by atoms with Gasteiger partial charge in [0.15, 0.2) is 6.61 Å². The Bertz CT molecular complexity index is 1020. The van der Waals surface area contributed by atoms with Crippen LogP contribution >= 0.6 is 0 Å². The van der Waals surface area contributed by atoms with Gasteiger partial charge in [0.2, 0.25) is 5.76 Å². The Balaban J connectivity index is 1.65. The van der Waals surface area contributed by atoms with Gasteiger partial charge < -0.3 is 19.2 Å². The molecule has 3 aromatic rings. The largest absolute Gasteiger partial charge is 0.450 e. The van der Waals surface area contributed by atoms with Crippen LogP contribution in [0.15, 0.2) is 52.9 Å². The third-order valence-electron chi connectivity index (χ3n) is 3.87. The van der Waals surface area contributed by atoms with Gasteiger partial charge in [0, 0.05) is 35.9 Å². The summed E-state index contributed by atoms with van der Waals surface area (Å²) in [6.45, 7) is -0.393. The standard InChI is InChI=1S/C19H16N2O7/c1-26-10-15-14-4-2-3-5-16(14)28-18(15)19(23)27-11-17(22)20-12-6-8-13(9-7-12)21(24)25/h2-9H,10-11H2,1H3,(H,20,22). The molecular formula is C19H16N2O7. The van der Waals surface area contributed by atoms with Crippen LogP contribution in [0, 0.1) is 10.1 Å². The number of nitrogens with one attached hydrogen (secondary N) is 1. The average molecular weight is 384 g/mol. The first-order valence-electron chi connectivity index (χ1n) is 8.20. The second kappa shape index (κ2) is 8.31. The molecule has 1 heterocycles. The Morgan fingerprint density at radius 2 is 1.86 bits per heavy atom. The number of non-ortho nitro benzene ring substituents is 1. The Labute approximate surface area is 159 Å². The molecule has 0 bridgehead atoms. The van der Waals surface area contributed by atoms with E-state index in [1.165, 1.54) is 31.4 Å². The van der Waals surface area contributed by atoms with Crippen LogP contribution in [0.2, 0.25) is 0 Å². The van der Waals surface area contributed by atoms with E-state index in [2.05, 4.69) is 5.32 Å². The van der Waals surface area contributed by atoms with Crippen LogP contribution in [0.1, 0.15) is 16.1 Å². The van der Waals surface area contributed by atoms with E-state index in [4.69, 9.17) is 13.9 Å². The highest BCUT2D eigenvalue weighted by Crippen LogP contribution is 2.27. The van der Waals surface area contributed by atoms with Gasteiger partial charge in [-0.15, -0.1) is 0 Å². The predicted octanol–water partition coefficient (Wildman–Crippen LogP) is 3.28. The van der Waals surface area contributed by atoms with Gasteiger partial charge in [0.05, 0.1) is 11.5 Å². The summed E-state index contributed by atoms with van der Waals surface area (Å²) in [6, 6.07) is 12.4. The highest BCUT2D eigenvalue weighted by Gasteiger charge is 2.22. The number of carbonyl (C=O) groups excluding carboxylic acids is 2. The lowest BCUT2D eigenvalue weighted by molar-refractivity contribution is -0.384. The van der Waals surface area contributed by atoms with E-state index in [-0.39, 0.29) is 18.1 Å². The van der Waals surface area contributed by atoms with Crippen molar-refractivity contribution >= 4 is 34.2 Å². The number of nitro benzene ring substituents is 1. The smallest absolute Gasteiger partial charge is 0.375 e. The number of furan rings is 1. The van der Waals surface area contributed by atoms with Crippen molar-refractivity contribution in [1.82, 2.24) is 0 Å². The van der Waals surface area contributed by atoms with Crippen molar-refractivity contribution in [2.75, 3.05) is 19.0 Å². The Hall–Kier alpha value is -3.72. The summed E-state index contributed by atoms with van der Waals surface area (Å²) in [5.74, 6) is -1.40. The fraction of sp³-hybridized carbons (Fsp3) is 0.158. The summed E-state index contributed by atoms with van der Waals surface area (Å²) < 4.78 is 15.7. The lowest BCUT2D eigenvalue weighted by Crippen LogP contribution is -2.21. The van der Waals surface area contributed by atoms with Gasteiger partial charge in [-0.25, -0.2) is 4.79 Å². The van der Waals surface area contributed by atoms with Crippen molar-refractivity contribution in [3.63, 3.8) is 0 Å². The molecule has 144 valence electrons. The number of nitrogens with zero attached hydrogens (tertiary/aromatic N) is 1. The van der Waals surface area contributed by atoms with Crippen molar-refractivity contribution in [1.29, 1.82) is 0 Å². The van der Waals surface area contributed by atoms with Crippen molar-refractivity contribution in [2.24, 2.45) is 0 Å². The van der Waals surface area contributed by atoms with E-state index >= 15 is 0 Å². The van der Waals surface area contributed by atoms with Crippen LogP contribution in [0.5, 0.6) is 0 Å². The van der Waals surface area contributed by atoms with Crippen LogP contribution in [0.3, 0.4) is 0 Å². The fourth-order valence-corrected chi connectivity index (χ4v) is 2.61. The predicted molar refractivity (Wildman–Crippen MR) is 98.9 cm³/mol. The van der Waals surface area contributed by atoms with Gasteiger partial charge >= 0.3 is 5.97 Å². The molecule has 0 aliphatic rings. The Morgan fingerprint density at radius 1 is 1.14 bits per heavy atom. The number of benzene rings is 2. The normalized spacial score (nSPS) is 10.6. The Morgan fingerprint density at radius 3 is 2.54 bits per heavy atom. The molecule has 0 unspecified atom stereocenters. The minimum Gasteiger partial charge on any atom is -0.450 e. The summed E-state index contributed by atoms with van der Waals surface area (Å²) in [6.07, 6.45) is 0. The molecule has 0 aliphatic carbocycles. The number of ether oxygens (including phenoxy) is 2. The quantitative estimate of drug-likeness (QED) is 0.377. The van der Waals surface area contributed by atoms with Crippen LogP contribution < -0.4 is 5.32 Å². The molecule has 0 radical (unpaired) electrons. The molecule has 0 saturated heterocycles. The maximum atomic E-state index is 12.4. The van der Waals surface area contributed by atoms with Crippen molar-refractivity contribution < 1.29 is 28.4 Å². The minimum absolute atomic E-state index is 0.0221. The zero-order valence-electron chi connectivity index (χ0n) is 14.8. The minimum atomic E-state index is -0.790. The van der Waals surface area contributed by atoms with Crippen LogP contribution in [0.4, 0.5) is 11.4 Å². The van der Waals surface area contributed by atoms with Gasteiger partial charge in [0.1, 0.15) is 5.58 Å². The third-order valence-corrected chi connectivity index (χ3v) is 3.87. The van der Waals surface area contributed by atoms with Gasteiger partial charge in [0.25, 0.3) is 11.6 Å². The number of nitro groups is 1. The summed E-state index contributed by atoms with van der Waals surface area (Å²) in [5, 5.41) is 13.8. The first kappa shape index (κ1) is 19.1. The maximum absolute atomic E-state index is 12.4. The van der Waals surface area contributed by atoms with Crippen LogP contribution in [-0.2, 0) is 20.9 Å². The zero-order valence-corrected chi connectivity index (χ0v) is 14.8. The number of hydrogen-bond donors (Lipinski definition) is 1. The Kier molecular flexibility index (Phi) is 5.66. The summed E-state index contributed by atoms with van der Waals surface area (Å²) >= 11 is 0. The molecule has 0 spiro atoms. The third kappa shape index (κ3) is 4.15. The topological polar surface area (TPSA) is 121 Å². The van der Waals surface area contributed by atoms with Crippen LogP contribution in [0.25, 0.3) is 11.0 Å². The SMILES string of the molecule is COCc1c(C(=O)OCC(=O)Nc2ccc([N+](=O)[O-])cc2)oc2ccccc12. The zero-order chi connectivity index (χ0) is 20.1. The molecular weight excluding hydrogens is 368 g/mol. The number of anilines is 1. The van der Waals surface area contributed by atoms with E-state index in [1.807, 2.05) is 6.07 Å². The summed E-state index contributed by atoms with van der Waals surface area (Å²) in [7, 11) is 1.49.